The number of nitrogens with zero attached hydrogens (tertiary/aromatic N) is 1. The molecule has 69 heavy (non-hydrogen) atoms. The number of esters is 2. The van der Waals surface area contributed by atoms with Gasteiger partial charge in [0.25, 0.3) is 0 Å². The van der Waals surface area contributed by atoms with Crippen molar-refractivity contribution in [3.8, 4) is 0 Å². The average Bonchev–Trinajstić information content (AvgIpc) is 3.31. The third kappa shape index (κ3) is 52.9. The molecule has 0 aromatic rings. The number of unbranched alkanes of at least 4 members (excludes halogenated alkanes) is 30. The number of quaternary nitrogens is 1. The second kappa shape index (κ2) is 51.6. The third-order valence-electron chi connectivity index (χ3n) is 12.5. The van der Waals surface area contributed by atoms with Crippen LogP contribution in [0.15, 0.2) is 48.6 Å². The summed E-state index contributed by atoms with van der Waals surface area (Å²) >= 11 is 0. The predicted molar refractivity (Wildman–Crippen MR) is 288 cm³/mol. The van der Waals surface area contributed by atoms with Crippen LogP contribution in [0.5, 0.6) is 0 Å². The highest BCUT2D eigenvalue weighted by Crippen LogP contribution is 2.16. The molecule has 0 rings (SSSR count). The van der Waals surface area contributed by atoms with E-state index in [0.717, 1.165) is 57.8 Å². The highest BCUT2D eigenvalue weighted by atomic mass is 16.7. The smallest absolute Gasteiger partial charge is 0.306 e. The highest BCUT2D eigenvalue weighted by molar-refractivity contribution is 5.70. The Morgan fingerprint density at radius 2 is 0.783 bits per heavy atom. The van der Waals surface area contributed by atoms with E-state index in [4.69, 9.17) is 18.9 Å². The van der Waals surface area contributed by atoms with Crippen molar-refractivity contribution >= 4 is 17.9 Å². The fraction of sp³-hybridized carbons (Fsp3) is 0.817. The van der Waals surface area contributed by atoms with Crippen LogP contribution in [0.1, 0.15) is 258 Å². The highest BCUT2D eigenvalue weighted by Gasteiger charge is 2.22. The minimum Gasteiger partial charge on any atom is -0.545 e. The van der Waals surface area contributed by atoms with Gasteiger partial charge in [-0.25, -0.2) is 0 Å². The molecule has 2 unspecified atom stereocenters. The van der Waals surface area contributed by atoms with Crippen LogP contribution in [0.4, 0.5) is 0 Å². The fourth-order valence-electron chi connectivity index (χ4n) is 8.07. The van der Waals surface area contributed by atoms with Crippen LogP contribution in [0, 0.1) is 0 Å². The number of likely N-dealkylation sites (N-methyl/N-ethyl adjacent to an activating group) is 1. The van der Waals surface area contributed by atoms with Crippen molar-refractivity contribution in [2.24, 2.45) is 0 Å². The summed E-state index contributed by atoms with van der Waals surface area (Å²) in [5.41, 5.74) is 0. The lowest BCUT2D eigenvalue weighted by Crippen LogP contribution is -2.44. The number of hydrogen-bond donors (Lipinski definition) is 0. The van der Waals surface area contributed by atoms with E-state index in [-0.39, 0.29) is 38.6 Å². The van der Waals surface area contributed by atoms with Crippen molar-refractivity contribution in [3.63, 3.8) is 0 Å². The van der Waals surface area contributed by atoms with Gasteiger partial charge in [0, 0.05) is 12.8 Å². The summed E-state index contributed by atoms with van der Waals surface area (Å²) in [7, 11) is 5.92. The molecule has 0 radical (unpaired) electrons. The molecular weight excluding hydrogens is 863 g/mol. The Balaban J connectivity index is 4.26. The summed E-state index contributed by atoms with van der Waals surface area (Å²) in [6.45, 7) is 4.75. The minimum atomic E-state index is -1.62. The molecular formula is C60H109NO8. The maximum Gasteiger partial charge on any atom is 0.306 e. The Labute approximate surface area is 425 Å². The van der Waals surface area contributed by atoms with Gasteiger partial charge in [0.1, 0.15) is 13.2 Å². The number of carboxylic acid groups (broad SMARTS) is 1. The maximum absolute atomic E-state index is 12.9. The summed E-state index contributed by atoms with van der Waals surface area (Å²) in [6.07, 6.45) is 60.0. The first-order valence-corrected chi connectivity index (χ1v) is 28.8. The largest absolute Gasteiger partial charge is 0.545 e. The van der Waals surface area contributed by atoms with E-state index in [1.807, 2.05) is 21.1 Å². The first-order valence-electron chi connectivity index (χ1n) is 28.8. The van der Waals surface area contributed by atoms with Crippen LogP contribution >= 0.6 is 0 Å². The molecule has 0 saturated carbocycles. The Hall–Kier alpha value is -2.75. The van der Waals surface area contributed by atoms with E-state index in [1.54, 1.807) is 0 Å². The van der Waals surface area contributed by atoms with Crippen molar-refractivity contribution in [2.45, 2.75) is 270 Å². The lowest BCUT2D eigenvalue weighted by molar-refractivity contribution is -0.870. The third-order valence-corrected chi connectivity index (χ3v) is 12.5. The number of allylic oxidation sites excluding steroid dienone is 8. The quantitative estimate of drug-likeness (QED) is 0.0195. The SMILES string of the molecule is CCCCCCC/C=C\C/C=C\C/C=C\CCCCCCCCCCCCC(=O)OC(COC(=O)CCCCCCCCCCC/C=C\CCCCCCCC)COC(OCC[N+](C)(C)C)C(=O)[O-]. The number of ether oxygens (including phenoxy) is 4. The lowest BCUT2D eigenvalue weighted by atomic mass is 10.0. The molecule has 0 bridgehead atoms. The van der Waals surface area contributed by atoms with Gasteiger partial charge in [-0.15, -0.1) is 0 Å². The van der Waals surface area contributed by atoms with E-state index in [1.165, 1.54) is 167 Å². The van der Waals surface area contributed by atoms with Crippen molar-refractivity contribution in [1.29, 1.82) is 0 Å². The number of carbonyl (C=O) groups excluding carboxylic acids is 3. The van der Waals surface area contributed by atoms with Gasteiger partial charge < -0.3 is 33.3 Å². The van der Waals surface area contributed by atoms with Gasteiger partial charge in [-0.2, -0.15) is 0 Å². The standard InChI is InChI=1S/C60H109NO8/c1-6-8-10-12-14-16-18-20-22-24-26-27-28-29-30-31-33-35-37-39-41-43-45-47-49-51-58(63)69-56(55-68-60(59(64)65)66-53-52-61(3,4)5)54-67-57(62)50-48-46-44-42-40-38-36-34-32-25-23-21-19-17-15-13-11-9-7-2/h18,20-21,23-24,26,28-29,56,60H,6-17,19,22,25,27,30-55H2,1-5H3/b20-18-,23-21-,26-24-,29-28-. The second-order valence-electron chi connectivity index (χ2n) is 20.6. The van der Waals surface area contributed by atoms with Gasteiger partial charge in [0.15, 0.2) is 12.4 Å². The van der Waals surface area contributed by atoms with Gasteiger partial charge in [0.2, 0.25) is 0 Å². The molecule has 0 heterocycles. The number of hydrogen-bond acceptors (Lipinski definition) is 8. The zero-order chi connectivity index (χ0) is 50.6. The average molecular weight is 973 g/mol. The molecule has 402 valence electrons. The van der Waals surface area contributed by atoms with E-state index in [9.17, 15) is 19.5 Å². The first kappa shape index (κ1) is 66.2. The predicted octanol–water partition coefficient (Wildman–Crippen LogP) is 15.3. The Morgan fingerprint density at radius 1 is 0.435 bits per heavy atom. The van der Waals surface area contributed by atoms with Crippen LogP contribution in [0.25, 0.3) is 0 Å². The van der Waals surface area contributed by atoms with Crippen molar-refractivity contribution in [1.82, 2.24) is 0 Å². The van der Waals surface area contributed by atoms with Crippen LogP contribution < -0.4 is 5.11 Å². The topological polar surface area (TPSA) is 111 Å². The Morgan fingerprint density at radius 3 is 1.17 bits per heavy atom. The van der Waals surface area contributed by atoms with Crippen LogP contribution in [-0.4, -0.2) is 82.3 Å². The van der Waals surface area contributed by atoms with Gasteiger partial charge in [-0.05, 0) is 77.0 Å². The molecule has 0 aromatic heterocycles. The molecule has 2 atom stereocenters. The van der Waals surface area contributed by atoms with Gasteiger partial charge in [0.05, 0.1) is 40.3 Å². The van der Waals surface area contributed by atoms with Crippen molar-refractivity contribution < 1.29 is 42.9 Å². The monoisotopic (exact) mass is 972 g/mol. The summed E-state index contributed by atoms with van der Waals surface area (Å²) in [5.74, 6) is -2.28. The van der Waals surface area contributed by atoms with E-state index in [2.05, 4.69) is 62.5 Å². The zero-order valence-corrected chi connectivity index (χ0v) is 45.7. The van der Waals surface area contributed by atoms with Crippen molar-refractivity contribution in [2.75, 3.05) is 47.5 Å². The molecule has 0 aliphatic carbocycles. The lowest BCUT2D eigenvalue weighted by Gasteiger charge is -2.26. The summed E-state index contributed by atoms with van der Waals surface area (Å²) in [5, 5.41) is 11.8. The Kier molecular flexibility index (Phi) is 49.5. The molecule has 0 aromatic carbocycles. The number of carboxylic acids is 1. The molecule has 0 saturated heterocycles. The van der Waals surface area contributed by atoms with E-state index < -0.39 is 24.3 Å². The first-order chi connectivity index (χ1) is 33.6. The normalized spacial score (nSPS) is 13.1. The summed E-state index contributed by atoms with van der Waals surface area (Å²) in [6, 6.07) is 0. The summed E-state index contributed by atoms with van der Waals surface area (Å²) < 4.78 is 22.7. The maximum atomic E-state index is 12.9. The van der Waals surface area contributed by atoms with Crippen LogP contribution in [0.2, 0.25) is 0 Å². The molecule has 9 heteroatoms. The van der Waals surface area contributed by atoms with Crippen molar-refractivity contribution in [3.05, 3.63) is 48.6 Å². The molecule has 0 spiro atoms. The van der Waals surface area contributed by atoms with Crippen LogP contribution in [0.3, 0.4) is 0 Å². The number of carbonyl (C=O) groups is 3. The van der Waals surface area contributed by atoms with E-state index in [0.29, 0.717) is 17.4 Å². The molecule has 0 fully saturated rings. The Bertz CT molecular complexity index is 1270. The zero-order valence-electron chi connectivity index (χ0n) is 45.7. The molecule has 0 aliphatic heterocycles. The van der Waals surface area contributed by atoms with Gasteiger partial charge in [-0.3, -0.25) is 9.59 Å². The summed E-state index contributed by atoms with van der Waals surface area (Å²) in [4.78, 5) is 37.3. The van der Waals surface area contributed by atoms with Gasteiger partial charge in [-0.1, -0.05) is 217 Å². The molecule has 9 nitrogen and oxygen atoms in total. The van der Waals surface area contributed by atoms with E-state index >= 15 is 0 Å². The molecule has 0 aliphatic rings. The molecule has 0 N–H and O–H groups in total. The second-order valence-corrected chi connectivity index (χ2v) is 20.6. The fourth-order valence-corrected chi connectivity index (χ4v) is 8.07. The van der Waals surface area contributed by atoms with Gasteiger partial charge >= 0.3 is 11.9 Å². The van der Waals surface area contributed by atoms with Crippen LogP contribution in [-0.2, 0) is 33.3 Å². The number of rotatable bonds is 53. The number of aliphatic carboxylic acids is 1. The molecule has 0 amide bonds. The minimum absolute atomic E-state index is 0.146.